The molecule has 0 saturated heterocycles. The summed E-state index contributed by atoms with van der Waals surface area (Å²) in [6.07, 6.45) is 1.43. The van der Waals surface area contributed by atoms with Gasteiger partial charge in [0.05, 0.1) is 28.7 Å². The summed E-state index contributed by atoms with van der Waals surface area (Å²) in [6, 6.07) is 3.90. The van der Waals surface area contributed by atoms with Gasteiger partial charge in [-0.3, -0.25) is 15.1 Å². The van der Waals surface area contributed by atoms with Gasteiger partial charge in [-0.25, -0.2) is 4.39 Å². The quantitative estimate of drug-likeness (QED) is 0.637. The number of nitrogens with zero attached hydrogens (tertiary/aromatic N) is 2. The van der Waals surface area contributed by atoms with Gasteiger partial charge in [0.2, 0.25) is 0 Å². The Kier molecular flexibility index (Phi) is 3.33. The Morgan fingerprint density at radius 1 is 1.56 bits per heavy atom. The second-order valence-corrected chi connectivity index (χ2v) is 3.56. The van der Waals surface area contributed by atoms with Crippen molar-refractivity contribution in [2.24, 2.45) is 0 Å². The second kappa shape index (κ2) is 4.92. The summed E-state index contributed by atoms with van der Waals surface area (Å²) in [5.74, 6) is -0.763. The zero-order valence-electron chi connectivity index (χ0n) is 9.26. The number of nitro benzene ring substituents is 1. The molecular formula is C11H10FN3O3. The van der Waals surface area contributed by atoms with Gasteiger partial charge in [0.25, 0.3) is 5.69 Å². The summed E-state index contributed by atoms with van der Waals surface area (Å²) in [5, 5.41) is 22.5. The Labute approximate surface area is 101 Å². The standard InChI is InChI=1S/C11H10FN3O3/c12-8-6-9(15(17)18)7-2-1-3-13-10(7)11(8)14-4-5-16/h1-3,6,14,16H,4-5H2. The number of aliphatic hydroxyl groups is 1. The van der Waals surface area contributed by atoms with E-state index in [1.54, 1.807) is 6.07 Å². The predicted octanol–water partition coefficient (Wildman–Crippen LogP) is 1.69. The summed E-state index contributed by atoms with van der Waals surface area (Å²) in [7, 11) is 0. The Balaban J connectivity index is 2.69. The van der Waals surface area contributed by atoms with Gasteiger partial charge in [-0.05, 0) is 12.1 Å². The number of aromatic nitrogens is 1. The highest BCUT2D eigenvalue weighted by atomic mass is 19.1. The van der Waals surface area contributed by atoms with Gasteiger partial charge < -0.3 is 10.4 Å². The van der Waals surface area contributed by atoms with Gasteiger partial charge >= 0.3 is 0 Å². The lowest BCUT2D eigenvalue weighted by Crippen LogP contribution is -2.08. The van der Waals surface area contributed by atoms with Crippen LogP contribution in [0, 0.1) is 15.9 Å². The number of hydrogen-bond acceptors (Lipinski definition) is 5. The van der Waals surface area contributed by atoms with Crippen molar-refractivity contribution in [3.8, 4) is 0 Å². The highest BCUT2D eigenvalue weighted by Gasteiger charge is 2.19. The summed E-state index contributed by atoms with van der Waals surface area (Å²) < 4.78 is 13.8. The van der Waals surface area contributed by atoms with Crippen LogP contribution in [0.2, 0.25) is 0 Å². The number of fused-ring (bicyclic) bond motifs is 1. The topological polar surface area (TPSA) is 88.3 Å². The van der Waals surface area contributed by atoms with E-state index in [4.69, 9.17) is 5.11 Å². The summed E-state index contributed by atoms with van der Waals surface area (Å²) >= 11 is 0. The molecule has 0 unspecified atom stereocenters. The minimum absolute atomic E-state index is 0.0604. The van der Waals surface area contributed by atoms with Crippen LogP contribution in [0.15, 0.2) is 24.4 Å². The molecule has 2 aromatic rings. The number of benzene rings is 1. The molecule has 0 atom stereocenters. The zero-order chi connectivity index (χ0) is 13.1. The Morgan fingerprint density at radius 2 is 2.33 bits per heavy atom. The van der Waals surface area contributed by atoms with Crippen LogP contribution in [0.5, 0.6) is 0 Å². The lowest BCUT2D eigenvalue weighted by Gasteiger charge is -2.09. The Bertz CT molecular complexity index is 603. The largest absolute Gasteiger partial charge is 0.395 e. The number of anilines is 1. The average molecular weight is 251 g/mol. The van der Waals surface area contributed by atoms with Crippen molar-refractivity contribution in [3.05, 3.63) is 40.3 Å². The molecule has 0 amide bonds. The van der Waals surface area contributed by atoms with E-state index in [-0.39, 0.29) is 35.4 Å². The van der Waals surface area contributed by atoms with Crippen molar-refractivity contribution >= 4 is 22.3 Å². The number of nitrogens with one attached hydrogen (secondary N) is 1. The van der Waals surface area contributed by atoms with Crippen LogP contribution in [0.4, 0.5) is 15.8 Å². The minimum Gasteiger partial charge on any atom is -0.395 e. The second-order valence-electron chi connectivity index (χ2n) is 3.56. The number of aliphatic hydroxyl groups excluding tert-OH is 1. The molecule has 0 radical (unpaired) electrons. The average Bonchev–Trinajstić information content (AvgIpc) is 2.36. The third-order valence-electron chi connectivity index (χ3n) is 2.43. The third kappa shape index (κ3) is 2.07. The van der Waals surface area contributed by atoms with Gasteiger partial charge in [-0.2, -0.15) is 0 Å². The Hall–Kier alpha value is -2.28. The first-order valence-corrected chi connectivity index (χ1v) is 5.21. The van der Waals surface area contributed by atoms with Crippen molar-refractivity contribution in [1.29, 1.82) is 0 Å². The molecule has 0 aliphatic heterocycles. The molecule has 0 aliphatic rings. The van der Waals surface area contributed by atoms with E-state index in [0.29, 0.717) is 0 Å². The van der Waals surface area contributed by atoms with Crippen LogP contribution in [-0.2, 0) is 0 Å². The summed E-state index contributed by atoms with van der Waals surface area (Å²) in [6.45, 7) is -0.0365. The van der Waals surface area contributed by atoms with Gasteiger partial charge in [0, 0.05) is 12.7 Å². The van der Waals surface area contributed by atoms with Gasteiger partial charge in [-0.15, -0.1) is 0 Å². The van der Waals surface area contributed by atoms with Crippen LogP contribution in [0.3, 0.4) is 0 Å². The smallest absolute Gasteiger partial charge is 0.281 e. The molecule has 0 saturated carbocycles. The van der Waals surface area contributed by atoms with Crippen LogP contribution < -0.4 is 5.32 Å². The molecule has 0 aliphatic carbocycles. The lowest BCUT2D eigenvalue weighted by molar-refractivity contribution is -0.383. The molecule has 1 aromatic heterocycles. The first-order valence-electron chi connectivity index (χ1n) is 5.21. The maximum absolute atomic E-state index is 13.8. The fraction of sp³-hybridized carbons (Fsp3) is 0.182. The molecule has 0 bridgehead atoms. The van der Waals surface area contributed by atoms with E-state index in [0.717, 1.165) is 6.07 Å². The van der Waals surface area contributed by atoms with Crippen molar-refractivity contribution in [1.82, 2.24) is 4.98 Å². The zero-order valence-corrected chi connectivity index (χ0v) is 9.26. The van der Waals surface area contributed by atoms with E-state index in [1.165, 1.54) is 12.3 Å². The van der Waals surface area contributed by atoms with E-state index in [1.807, 2.05) is 0 Å². The van der Waals surface area contributed by atoms with Crippen molar-refractivity contribution in [2.45, 2.75) is 0 Å². The number of hydrogen-bond donors (Lipinski definition) is 2. The molecule has 6 nitrogen and oxygen atoms in total. The maximum Gasteiger partial charge on any atom is 0.281 e. The van der Waals surface area contributed by atoms with Gasteiger partial charge in [0.15, 0.2) is 5.82 Å². The van der Waals surface area contributed by atoms with Crippen LogP contribution in [0.25, 0.3) is 10.9 Å². The molecule has 1 aromatic carbocycles. The molecule has 2 rings (SSSR count). The molecular weight excluding hydrogens is 241 g/mol. The van der Waals surface area contributed by atoms with Crippen LogP contribution in [0.1, 0.15) is 0 Å². The maximum atomic E-state index is 13.8. The number of pyridine rings is 1. The van der Waals surface area contributed by atoms with Crippen molar-refractivity contribution in [3.63, 3.8) is 0 Å². The monoisotopic (exact) mass is 251 g/mol. The third-order valence-corrected chi connectivity index (χ3v) is 2.43. The molecule has 1 heterocycles. The number of non-ortho nitro benzene ring substituents is 1. The lowest BCUT2D eigenvalue weighted by atomic mass is 10.1. The van der Waals surface area contributed by atoms with E-state index < -0.39 is 10.7 Å². The fourth-order valence-electron chi connectivity index (χ4n) is 1.69. The van der Waals surface area contributed by atoms with Crippen LogP contribution in [-0.4, -0.2) is 28.2 Å². The normalized spacial score (nSPS) is 10.6. The fourth-order valence-corrected chi connectivity index (χ4v) is 1.69. The van der Waals surface area contributed by atoms with E-state index in [2.05, 4.69) is 10.3 Å². The van der Waals surface area contributed by atoms with Crippen molar-refractivity contribution in [2.75, 3.05) is 18.5 Å². The molecule has 7 heteroatoms. The predicted molar refractivity (Wildman–Crippen MR) is 63.9 cm³/mol. The van der Waals surface area contributed by atoms with Crippen LogP contribution >= 0.6 is 0 Å². The Morgan fingerprint density at radius 3 is 3.00 bits per heavy atom. The first kappa shape index (κ1) is 12.2. The SMILES string of the molecule is O=[N+]([O-])c1cc(F)c(NCCO)c2ncccc12. The molecule has 2 N–H and O–H groups in total. The minimum atomic E-state index is -0.763. The summed E-state index contributed by atoms with van der Waals surface area (Å²) in [5.41, 5.74) is -0.0898. The first-order chi connectivity index (χ1) is 8.65. The highest BCUT2D eigenvalue weighted by molar-refractivity contribution is 5.97. The van der Waals surface area contributed by atoms with Gasteiger partial charge in [0.1, 0.15) is 5.52 Å². The van der Waals surface area contributed by atoms with Gasteiger partial charge in [-0.1, -0.05) is 0 Å². The molecule has 0 spiro atoms. The van der Waals surface area contributed by atoms with Crippen molar-refractivity contribution < 1.29 is 14.4 Å². The molecule has 18 heavy (non-hydrogen) atoms. The number of halogens is 1. The molecule has 0 fully saturated rings. The number of nitro groups is 1. The van der Waals surface area contributed by atoms with E-state index >= 15 is 0 Å². The number of rotatable bonds is 4. The highest BCUT2D eigenvalue weighted by Crippen LogP contribution is 2.32. The summed E-state index contributed by atoms with van der Waals surface area (Å²) in [4.78, 5) is 14.1. The molecule has 94 valence electrons. The van der Waals surface area contributed by atoms with E-state index in [9.17, 15) is 14.5 Å².